The van der Waals surface area contributed by atoms with Crippen LogP contribution in [0.4, 0.5) is 0 Å². The molecule has 0 aromatic carbocycles. The fourth-order valence-electron chi connectivity index (χ4n) is 4.35. The van der Waals surface area contributed by atoms with E-state index in [1.54, 1.807) is 0 Å². The van der Waals surface area contributed by atoms with E-state index in [-0.39, 0.29) is 0 Å². The molecule has 2 aromatic heterocycles. The van der Waals surface area contributed by atoms with Gasteiger partial charge in [-0.05, 0) is 38.4 Å². The summed E-state index contributed by atoms with van der Waals surface area (Å²) in [4.78, 5) is 9.54. The highest BCUT2D eigenvalue weighted by Gasteiger charge is 2.51. The first-order valence-electron chi connectivity index (χ1n) is 9.04. The average Bonchev–Trinajstić information content (AvgIpc) is 3.16. The van der Waals surface area contributed by atoms with Crippen LogP contribution in [0.25, 0.3) is 0 Å². The molecule has 4 rings (SSSR count). The minimum absolute atomic E-state index is 0.347. The van der Waals surface area contributed by atoms with Gasteiger partial charge >= 0.3 is 0 Å². The molecule has 1 unspecified atom stereocenters. The van der Waals surface area contributed by atoms with Crippen LogP contribution < -0.4 is 0 Å². The molecule has 0 amide bonds. The van der Waals surface area contributed by atoms with E-state index in [0.717, 1.165) is 44.2 Å². The van der Waals surface area contributed by atoms with Crippen molar-refractivity contribution >= 4 is 0 Å². The minimum Gasteiger partial charge on any atom is -0.375 e. The Morgan fingerprint density at radius 3 is 3.00 bits per heavy atom. The quantitative estimate of drug-likeness (QED) is 0.869. The molecule has 0 aliphatic carbocycles. The van der Waals surface area contributed by atoms with Crippen LogP contribution in [0, 0.1) is 12.8 Å². The fraction of sp³-hybridized carbons (Fsp3) is 0.579. The second-order valence-electron chi connectivity index (χ2n) is 7.71. The lowest BCUT2D eigenvalue weighted by molar-refractivity contribution is -0.0226. The molecule has 2 saturated heterocycles. The SMILES string of the molecule is Cc1cccc(COCC2CN(C)C3(C2)CN(Cc2cn[nH]c2)C3)n1. The number of aryl methyl sites for hydroxylation is 1. The molecule has 6 heteroatoms. The van der Waals surface area contributed by atoms with Gasteiger partial charge in [-0.25, -0.2) is 0 Å². The standard InChI is InChI=1S/C19H27N5O/c1-15-4-3-5-18(22-15)12-25-11-16-6-19(23(2)9-16)13-24(14-19)10-17-7-20-21-8-17/h3-5,7-8,16H,6,9-14H2,1-2H3,(H,20,21). The van der Waals surface area contributed by atoms with Crippen molar-refractivity contribution in [1.82, 2.24) is 25.0 Å². The van der Waals surface area contributed by atoms with Crippen molar-refractivity contribution in [3.05, 3.63) is 47.5 Å². The molecule has 2 aliphatic rings. The molecule has 2 aliphatic heterocycles. The van der Waals surface area contributed by atoms with Crippen LogP contribution in [-0.2, 0) is 17.9 Å². The molecule has 1 N–H and O–H groups in total. The number of aromatic nitrogens is 3. The zero-order chi connectivity index (χ0) is 17.3. The number of hydrogen-bond acceptors (Lipinski definition) is 5. The predicted molar refractivity (Wildman–Crippen MR) is 96.0 cm³/mol. The number of ether oxygens (including phenoxy) is 1. The van der Waals surface area contributed by atoms with Gasteiger partial charge in [-0.15, -0.1) is 0 Å². The van der Waals surface area contributed by atoms with Gasteiger partial charge in [-0.1, -0.05) is 6.07 Å². The van der Waals surface area contributed by atoms with Crippen LogP contribution in [0.5, 0.6) is 0 Å². The third-order valence-electron chi connectivity index (χ3n) is 5.56. The minimum atomic E-state index is 0.347. The highest BCUT2D eigenvalue weighted by atomic mass is 16.5. The Labute approximate surface area is 149 Å². The number of likely N-dealkylation sites (tertiary alicyclic amines) is 2. The molecule has 1 spiro atoms. The lowest BCUT2D eigenvalue weighted by Gasteiger charge is -2.52. The van der Waals surface area contributed by atoms with Crippen LogP contribution in [0.15, 0.2) is 30.6 Å². The van der Waals surface area contributed by atoms with E-state index in [1.807, 2.05) is 37.5 Å². The van der Waals surface area contributed by atoms with Gasteiger partial charge < -0.3 is 4.74 Å². The lowest BCUT2D eigenvalue weighted by atomic mass is 9.84. The molecule has 25 heavy (non-hydrogen) atoms. The van der Waals surface area contributed by atoms with Gasteiger partial charge in [0.2, 0.25) is 0 Å². The van der Waals surface area contributed by atoms with Crippen molar-refractivity contribution in [3.8, 4) is 0 Å². The summed E-state index contributed by atoms with van der Waals surface area (Å²) in [5.41, 5.74) is 3.68. The summed E-state index contributed by atoms with van der Waals surface area (Å²) in [5, 5.41) is 6.92. The molecule has 134 valence electrons. The number of rotatable bonds is 6. The number of pyridine rings is 1. The predicted octanol–water partition coefficient (Wildman–Crippen LogP) is 1.84. The van der Waals surface area contributed by atoms with Crippen LogP contribution in [0.2, 0.25) is 0 Å². The van der Waals surface area contributed by atoms with Crippen LogP contribution in [-0.4, -0.2) is 63.8 Å². The van der Waals surface area contributed by atoms with E-state index in [0.29, 0.717) is 18.1 Å². The van der Waals surface area contributed by atoms with Gasteiger partial charge in [0, 0.05) is 49.2 Å². The number of hydrogen-bond donors (Lipinski definition) is 1. The largest absolute Gasteiger partial charge is 0.375 e. The van der Waals surface area contributed by atoms with Crippen molar-refractivity contribution in [2.45, 2.75) is 32.0 Å². The normalized spacial score (nSPS) is 23.2. The van der Waals surface area contributed by atoms with E-state index in [4.69, 9.17) is 4.74 Å². The molecule has 0 radical (unpaired) electrons. The van der Waals surface area contributed by atoms with Crippen molar-refractivity contribution in [2.24, 2.45) is 5.92 Å². The Balaban J connectivity index is 1.23. The molecule has 2 aromatic rings. The molecule has 2 fully saturated rings. The maximum atomic E-state index is 5.97. The third kappa shape index (κ3) is 3.61. The van der Waals surface area contributed by atoms with Crippen LogP contribution in [0.1, 0.15) is 23.4 Å². The zero-order valence-electron chi connectivity index (χ0n) is 15.1. The number of nitrogens with zero attached hydrogens (tertiary/aromatic N) is 4. The van der Waals surface area contributed by atoms with Crippen molar-refractivity contribution in [1.29, 1.82) is 0 Å². The molecule has 0 saturated carbocycles. The van der Waals surface area contributed by atoms with Gasteiger partial charge in [0.05, 0.1) is 25.1 Å². The first-order valence-corrected chi connectivity index (χ1v) is 9.04. The average molecular weight is 341 g/mol. The van der Waals surface area contributed by atoms with E-state index < -0.39 is 0 Å². The summed E-state index contributed by atoms with van der Waals surface area (Å²) in [5.74, 6) is 0.617. The number of nitrogens with one attached hydrogen (secondary N) is 1. The van der Waals surface area contributed by atoms with E-state index in [2.05, 4.69) is 32.0 Å². The smallest absolute Gasteiger partial charge is 0.0888 e. The molecular weight excluding hydrogens is 314 g/mol. The summed E-state index contributed by atoms with van der Waals surface area (Å²) in [7, 11) is 2.26. The van der Waals surface area contributed by atoms with E-state index in [1.165, 1.54) is 12.0 Å². The number of aromatic amines is 1. The highest BCUT2D eigenvalue weighted by Crippen LogP contribution is 2.40. The fourth-order valence-corrected chi connectivity index (χ4v) is 4.35. The van der Waals surface area contributed by atoms with Crippen LogP contribution >= 0.6 is 0 Å². The molecule has 1 atom stereocenters. The summed E-state index contributed by atoms with van der Waals surface area (Å²) in [6.45, 7) is 7.86. The number of H-pyrrole nitrogens is 1. The first kappa shape index (κ1) is 16.7. The van der Waals surface area contributed by atoms with Crippen LogP contribution in [0.3, 0.4) is 0 Å². The van der Waals surface area contributed by atoms with Gasteiger partial charge in [0.25, 0.3) is 0 Å². The highest BCUT2D eigenvalue weighted by molar-refractivity contribution is 5.12. The summed E-state index contributed by atoms with van der Waals surface area (Å²) in [6, 6.07) is 6.10. The van der Waals surface area contributed by atoms with E-state index >= 15 is 0 Å². The summed E-state index contributed by atoms with van der Waals surface area (Å²) < 4.78 is 5.97. The Morgan fingerprint density at radius 1 is 1.36 bits per heavy atom. The summed E-state index contributed by atoms with van der Waals surface area (Å²) in [6.07, 6.45) is 5.13. The first-order chi connectivity index (χ1) is 12.1. The Hall–Kier alpha value is -1.76. The topological polar surface area (TPSA) is 57.3 Å². The van der Waals surface area contributed by atoms with E-state index in [9.17, 15) is 0 Å². The van der Waals surface area contributed by atoms with Gasteiger partial charge in [0.15, 0.2) is 0 Å². The Bertz CT molecular complexity index is 696. The van der Waals surface area contributed by atoms with Gasteiger partial charge in [0.1, 0.15) is 0 Å². The maximum Gasteiger partial charge on any atom is 0.0888 e. The van der Waals surface area contributed by atoms with Gasteiger partial charge in [-0.2, -0.15) is 5.10 Å². The molecule has 4 heterocycles. The monoisotopic (exact) mass is 341 g/mol. The lowest BCUT2D eigenvalue weighted by Crippen LogP contribution is -2.66. The number of likely N-dealkylation sites (N-methyl/N-ethyl adjacent to an activating group) is 1. The van der Waals surface area contributed by atoms with Crippen molar-refractivity contribution in [3.63, 3.8) is 0 Å². The zero-order valence-corrected chi connectivity index (χ0v) is 15.1. The summed E-state index contributed by atoms with van der Waals surface area (Å²) >= 11 is 0. The molecular formula is C19H27N5O. The van der Waals surface area contributed by atoms with Gasteiger partial charge in [-0.3, -0.25) is 19.9 Å². The second kappa shape index (κ2) is 6.86. The Morgan fingerprint density at radius 2 is 2.24 bits per heavy atom. The van der Waals surface area contributed by atoms with Crippen molar-refractivity contribution in [2.75, 3.05) is 33.3 Å². The van der Waals surface area contributed by atoms with Crippen molar-refractivity contribution < 1.29 is 4.74 Å². The second-order valence-corrected chi connectivity index (χ2v) is 7.71. The third-order valence-corrected chi connectivity index (χ3v) is 5.56. The molecule has 0 bridgehead atoms. The molecule has 6 nitrogen and oxygen atoms in total. The Kier molecular flexibility index (Phi) is 4.58. The maximum absolute atomic E-state index is 5.97.